The molecule has 0 aliphatic rings. The van der Waals surface area contributed by atoms with E-state index in [1.807, 2.05) is 7.05 Å². The average Bonchev–Trinajstić information content (AvgIpc) is 3.06. The van der Waals surface area contributed by atoms with Crippen LogP contribution in [0.3, 0.4) is 0 Å². The smallest absolute Gasteiger partial charge is 0.243 e. The highest BCUT2D eigenvalue weighted by Gasteiger charge is 2.16. The predicted molar refractivity (Wildman–Crippen MR) is 76.0 cm³/mol. The van der Waals surface area contributed by atoms with Gasteiger partial charge < -0.3 is 5.32 Å². The minimum absolute atomic E-state index is 0.160. The van der Waals surface area contributed by atoms with Crippen LogP contribution in [-0.2, 0) is 30.0 Å². The molecule has 21 heavy (non-hydrogen) atoms. The molecular weight excluding hydrogens is 294 g/mol. The van der Waals surface area contributed by atoms with Crippen LogP contribution in [0, 0.1) is 0 Å². The van der Waals surface area contributed by atoms with Gasteiger partial charge in [0, 0.05) is 32.8 Å². The number of likely N-dealkylation sites (N-methyl/N-ethyl adjacent to an activating group) is 1. The molecule has 0 saturated carbocycles. The summed E-state index contributed by atoms with van der Waals surface area (Å²) in [4.78, 5) is 4.20. The van der Waals surface area contributed by atoms with Crippen molar-refractivity contribution in [1.29, 1.82) is 0 Å². The molecule has 0 aliphatic carbocycles. The van der Waals surface area contributed by atoms with Gasteiger partial charge in [0.1, 0.15) is 11.2 Å². The molecule has 2 heterocycles. The summed E-state index contributed by atoms with van der Waals surface area (Å²) in [5.41, 5.74) is 0. The minimum Gasteiger partial charge on any atom is -0.318 e. The Morgan fingerprint density at radius 1 is 1.33 bits per heavy atom. The van der Waals surface area contributed by atoms with Gasteiger partial charge in [-0.15, -0.1) is 0 Å². The van der Waals surface area contributed by atoms with Crippen LogP contribution < -0.4 is 10.0 Å². The maximum atomic E-state index is 12.1. The average molecular weight is 313 g/mol. The van der Waals surface area contributed by atoms with Crippen LogP contribution in [0.1, 0.15) is 5.82 Å². The first-order chi connectivity index (χ1) is 10.0. The lowest BCUT2D eigenvalue weighted by molar-refractivity contribution is 0.575. The van der Waals surface area contributed by atoms with E-state index in [-0.39, 0.29) is 11.4 Å². The normalized spacial score (nSPS) is 11.9. The van der Waals surface area contributed by atoms with Crippen LogP contribution in [0.5, 0.6) is 0 Å². The first-order valence-electron chi connectivity index (χ1n) is 6.52. The standard InChI is InChI=1S/C11H19N7O2S/c1-12-5-6-18-8-10(7-14-18)21(19,20)15-4-3-11-13-9-17(2)16-11/h7-9,12,15H,3-6H2,1-2H3. The Balaban J connectivity index is 1.90. The molecule has 9 nitrogen and oxygen atoms in total. The summed E-state index contributed by atoms with van der Waals surface area (Å²) in [6.07, 6.45) is 4.87. The summed E-state index contributed by atoms with van der Waals surface area (Å²) in [6, 6.07) is 0. The van der Waals surface area contributed by atoms with E-state index in [0.717, 1.165) is 6.54 Å². The fourth-order valence-electron chi connectivity index (χ4n) is 1.71. The Morgan fingerprint density at radius 3 is 2.81 bits per heavy atom. The van der Waals surface area contributed by atoms with Gasteiger partial charge in [0.2, 0.25) is 10.0 Å². The van der Waals surface area contributed by atoms with E-state index >= 15 is 0 Å². The lowest BCUT2D eigenvalue weighted by Crippen LogP contribution is -2.26. The SMILES string of the molecule is CNCCn1cc(S(=O)(=O)NCCc2ncn(C)n2)cn1. The van der Waals surface area contributed by atoms with Gasteiger partial charge in [0.05, 0.1) is 12.7 Å². The zero-order chi connectivity index (χ0) is 15.3. The second-order valence-corrected chi connectivity index (χ2v) is 6.29. The Kier molecular flexibility index (Phi) is 5.04. The van der Waals surface area contributed by atoms with Crippen molar-refractivity contribution < 1.29 is 8.42 Å². The Hall–Kier alpha value is -1.78. The van der Waals surface area contributed by atoms with Crippen molar-refractivity contribution in [2.75, 3.05) is 20.1 Å². The molecule has 0 spiro atoms. The molecule has 0 atom stereocenters. The van der Waals surface area contributed by atoms with Gasteiger partial charge in [-0.1, -0.05) is 0 Å². The lowest BCUT2D eigenvalue weighted by atomic mass is 10.4. The summed E-state index contributed by atoms with van der Waals surface area (Å²) >= 11 is 0. The number of aromatic nitrogens is 5. The highest BCUT2D eigenvalue weighted by atomic mass is 32.2. The first kappa shape index (κ1) is 15.6. The number of nitrogens with zero attached hydrogens (tertiary/aromatic N) is 5. The maximum absolute atomic E-state index is 12.1. The number of aryl methyl sites for hydroxylation is 1. The van der Waals surface area contributed by atoms with Crippen LogP contribution >= 0.6 is 0 Å². The fraction of sp³-hybridized carbons (Fsp3) is 0.545. The van der Waals surface area contributed by atoms with E-state index in [2.05, 4.69) is 25.2 Å². The van der Waals surface area contributed by atoms with Gasteiger partial charge in [0.15, 0.2) is 5.82 Å². The van der Waals surface area contributed by atoms with Crippen molar-refractivity contribution in [1.82, 2.24) is 34.6 Å². The molecule has 0 saturated heterocycles. The number of rotatable bonds is 8. The predicted octanol–water partition coefficient (Wildman–Crippen LogP) is -1.25. The number of hydrogen-bond donors (Lipinski definition) is 2. The Bertz CT molecular complexity index is 676. The molecule has 0 bridgehead atoms. The highest BCUT2D eigenvalue weighted by molar-refractivity contribution is 7.89. The zero-order valence-electron chi connectivity index (χ0n) is 12.0. The molecule has 2 aromatic heterocycles. The topological polar surface area (TPSA) is 107 Å². The summed E-state index contributed by atoms with van der Waals surface area (Å²) in [5.74, 6) is 0.602. The third-order valence-corrected chi connectivity index (χ3v) is 4.21. The monoisotopic (exact) mass is 313 g/mol. The van der Waals surface area contributed by atoms with Gasteiger partial charge in [0.25, 0.3) is 0 Å². The molecule has 10 heteroatoms. The molecule has 0 unspecified atom stereocenters. The van der Waals surface area contributed by atoms with Gasteiger partial charge in [-0.2, -0.15) is 10.2 Å². The summed E-state index contributed by atoms with van der Waals surface area (Å²) in [5, 5.41) is 11.1. The highest BCUT2D eigenvalue weighted by Crippen LogP contribution is 2.06. The molecule has 2 rings (SSSR count). The van der Waals surface area contributed by atoms with Gasteiger partial charge in [-0.3, -0.25) is 9.36 Å². The van der Waals surface area contributed by atoms with E-state index in [1.54, 1.807) is 22.7 Å². The van der Waals surface area contributed by atoms with Crippen LogP contribution in [0.25, 0.3) is 0 Å². The van der Waals surface area contributed by atoms with Gasteiger partial charge in [-0.25, -0.2) is 18.1 Å². The summed E-state index contributed by atoms with van der Waals surface area (Å²) in [7, 11) is 0.0479. The maximum Gasteiger partial charge on any atom is 0.243 e. The van der Waals surface area contributed by atoms with Crippen molar-refractivity contribution in [3.8, 4) is 0 Å². The third-order valence-electron chi connectivity index (χ3n) is 2.80. The van der Waals surface area contributed by atoms with E-state index in [9.17, 15) is 8.42 Å². The molecule has 0 fully saturated rings. The van der Waals surface area contributed by atoms with Gasteiger partial charge in [-0.05, 0) is 7.05 Å². The summed E-state index contributed by atoms with van der Waals surface area (Å²) < 4.78 is 29.9. The Labute approximate surface area is 123 Å². The second-order valence-electron chi connectivity index (χ2n) is 4.52. The number of sulfonamides is 1. The largest absolute Gasteiger partial charge is 0.318 e. The van der Waals surface area contributed by atoms with Crippen LogP contribution in [0.15, 0.2) is 23.6 Å². The van der Waals surface area contributed by atoms with E-state index < -0.39 is 10.0 Å². The third kappa shape index (κ3) is 4.34. The molecular formula is C11H19N7O2S. The Morgan fingerprint density at radius 2 is 2.14 bits per heavy atom. The second kappa shape index (κ2) is 6.78. The van der Waals surface area contributed by atoms with Crippen molar-refractivity contribution in [2.45, 2.75) is 17.9 Å². The zero-order valence-corrected chi connectivity index (χ0v) is 12.8. The van der Waals surface area contributed by atoms with Gasteiger partial charge >= 0.3 is 0 Å². The number of hydrogen-bond acceptors (Lipinski definition) is 6. The molecule has 0 aliphatic heterocycles. The van der Waals surface area contributed by atoms with Crippen molar-refractivity contribution >= 4 is 10.0 Å². The quantitative estimate of drug-likeness (QED) is 0.631. The van der Waals surface area contributed by atoms with Crippen LogP contribution in [-0.4, -0.2) is 53.1 Å². The van der Waals surface area contributed by atoms with E-state index in [0.29, 0.717) is 18.8 Å². The molecule has 0 radical (unpaired) electrons. The minimum atomic E-state index is -3.54. The van der Waals surface area contributed by atoms with E-state index in [1.165, 1.54) is 12.4 Å². The van der Waals surface area contributed by atoms with Crippen molar-refractivity contribution in [3.05, 3.63) is 24.5 Å². The van der Waals surface area contributed by atoms with Crippen LogP contribution in [0.4, 0.5) is 0 Å². The molecule has 0 aromatic carbocycles. The molecule has 116 valence electrons. The lowest BCUT2D eigenvalue weighted by Gasteiger charge is -2.03. The number of nitrogens with one attached hydrogen (secondary N) is 2. The fourth-order valence-corrected chi connectivity index (χ4v) is 2.69. The summed E-state index contributed by atoms with van der Waals surface area (Å²) in [6.45, 7) is 1.58. The molecule has 2 N–H and O–H groups in total. The van der Waals surface area contributed by atoms with Crippen LogP contribution in [0.2, 0.25) is 0 Å². The van der Waals surface area contributed by atoms with Crippen molar-refractivity contribution in [2.24, 2.45) is 7.05 Å². The van der Waals surface area contributed by atoms with E-state index in [4.69, 9.17) is 0 Å². The van der Waals surface area contributed by atoms with Crippen molar-refractivity contribution in [3.63, 3.8) is 0 Å². The molecule has 2 aromatic rings. The molecule has 0 amide bonds. The first-order valence-corrected chi connectivity index (χ1v) is 8.01.